The number of carbonyl (C=O) groups excluding carboxylic acids is 2. The Hall–Kier alpha value is -3.86. The summed E-state index contributed by atoms with van der Waals surface area (Å²) in [5.41, 5.74) is 4.33. The minimum atomic E-state index is -0.583. The number of para-hydroxylation sites is 2. The zero-order valence-corrected chi connectivity index (χ0v) is 17.3. The van der Waals surface area contributed by atoms with Gasteiger partial charge in [-0.3, -0.25) is 4.79 Å². The Morgan fingerprint density at radius 3 is 2.39 bits per heavy atom. The van der Waals surface area contributed by atoms with Crippen LogP contribution in [-0.2, 0) is 16.0 Å². The number of hydrogen-bond donors (Lipinski definition) is 1. The quantitative estimate of drug-likeness (QED) is 0.330. The molecule has 0 aliphatic rings. The minimum absolute atomic E-state index is 0.243. The zero-order chi connectivity index (χ0) is 21.6. The summed E-state index contributed by atoms with van der Waals surface area (Å²) < 4.78 is 10.9. The number of carbonyl (C=O) groups is 2. The third-order valence-corrected chi connectivity index (χ3v) is 5.09. The minimum Gasteiger partial charge on any atom is -0.482 e. The second-order valence-electron chi connectivity index (χ2n) is 7.31. The van der Waals surface area contributed by atoms with Gasteiger partial charge in [-0.05, 0) is 30.2 Å². The summed E-state index contributed by atoms with van der Waals surface area (Å²) in [6.45, 7) is 1.25. The molecule has 156 valence electrons. The second-order valence-corrected chi connectivity index (χ2v) is 7.31. The van der Waals surface area contributed by atoms with Crippen molar-refractivity contribution >= 4 is 22.7 Å². The molecule has 1 aromatic heterocycles. The van der Waals surface area contributed by atoms with E-state index < -0.39 is 5.97 Å². The Kier molecular flexibility index (Phi) is 6.13. The Labute approximate surface area is 180 Å². The van der Waals surface area contributed by atoms with Gasteiger partial charge in [-0.25, -0.2) is 4.79 Å². The normalized spacial score (nSPS) is 10.7. The van der Waals surface area contributed by atoms with E-state index in [9.17, 15) is 9.59 Å². The Morgan fingerprint density at radius 1 is 0.839 bits per heavy atom. The van der Waals surface area contributed by atoms with Crippen molar-refractivity contribution in [3.63, 3.8) is 0 Å². The highest BCUT2D eigenvalue weighted by atomic mass is 16.6. The van der Waals surface area contributed by atoms with E-state index in [0.29, 0.717) is 17.7 Å². The number of aromatic nitrogens is 1. The molecule has 5 nitrogen and oxygen atoms in total. The van der Waals surface area contributed by atoms with Crippen LogP contribution < -0.4 is 4.74 Å². The van der Waals surface area contributed by atoms with Crippen molar-refractivity contribution in [2.75, 3.05) is 13.2 Å². The zero-order valence-electron chi connectivity index (χ0n) is 17.3. The fourth-order valence-electron chi connectivity index (χ4n) is 3.64. The molecule has 0 aliphatic carbocycles. The molecule has 0 spiro atoms. The van der Waals surface area contributed by atoms with E-state index in [0.717, 1.165) is 27.7 Å². The van der Waals surface area contributed by atoms with Crippen LogP contribution in [-0.4, -0.2) is 30.0 Å². The van der Waals surface area contributed by atoms with Crippen LogP contribution in [0.1, 0.15) is 27.2 Å². The molecule has 0 bridgehead atoms. The lowest BCUT2D eigenvalue weighted by Gasteiger charge is -2.11. The van der Waals surface area contributed by atoms with E-state index in [-0.39, 0.29) is 19.0 Å². The summed E-state index contributed by atoms with van der Waals surface area (Å²) >= 11 is 0. The van der Waals surface area contributed by atoms with Crippen LogP contribution in [0.5, 0.6) is 5.75 Å². The number of hydrogen-bond acceptors (Lipinski definition) is 4. The molecule has 0 radical (unpaired) electrons. The molecule has 4 aromatic rings. The molecule has 0 saturated carbocycles. The summed E-state index contributed by atoms with van der Waals surface area (Å²) in [5, 5.41) is 0.826. The van der Waals surface area contributed by atoms with Crippen LogP contribution in [0.25, 0.3) is 10.9 Å². The number of esters is 1. The predicted octanol–water partition coefficient (Wildman–Crippen LogP) is 4.87. The van der Waals surface area contributed by atoms with E-state index >= 15 is 0 Å². The average molecular weight is 413 g/mol. The second kappa shape index (κ2) is 9.30. The number of aryl methyl sites for hydroxylation is 1. The highest BCUT2D eigenvalue weighted by Crippen LogP contribution is 2.23. The van der Waals surface area contributed by atoms with Gasteiger partial charge in [0.1, 0.15) is 5.75 Å². The summed E-state index contributed by atoms with van der Waals surface area (Å²) in [6, 6.07) is 25.2. The van der Waals surface area contributed by atoms with Crippen LogP contribution in [0.4, 0.5) is 0 Å². The first-order valence-corrected chi connectivity index (χ1v) is 10.1. The molecule has 31 heavy (non-hydrogen) atoms. The van der Waals surface area contributed by atoms with Crippen molar-refractivity contribution in [3.05, 3.63) is 101 Å². The van der Waals surface area contributed by atoms with Gasteiger partial charge in [-0.1, -0.05) is 66.7 Å². The lowest BCUT2D eigenvalue weighted by atomic mass is 10.0. The van der Waals surface area contributed by atoms with Crippen LogP contribution in [0.15, 0.2) is 78.9 Å². The van der Waals surface area contributed by atoms with E-state index in [1.807, 2.05) is 85.8 Å². The molecule has 1 heterocycles. The van der Waals surface area contributed by atoms with Crippen molar-refractivity contribution in [3.8, 4) is 5.75 Å². The summed E-state index contributed by atoms with van der Waals surface area (Å²) in [4.78, 5) is 28.0. The SMILES string of the molecule is Cc1[nH]c2ccccc2c1C(=O)COC(=O)COc1ccccc1Cc1ccccc1. The van der Waals surface area contributed by atoms with Gasteiger partial charge in [0, 0.05) is 28.6 Å². The van der Waals surface area contributed by atoms with Crippen LogP contribution in [0.2, 0.25) is 0 Å². The van der Waals surface area contributed by atoms with E-state index in [2.05, 4.69) is 4.98 Å². The van der Waals surface area contributed by atoms with Gasteiger partial charge in [0.2, 0.25) is 5.78 Å². The molecule has 5 heteroatoms. The molecule has 0 fully saturated rings. The van der Waals surface area contributed by atoms with Crippen LogP contribution in [0, 0.1) is 6.92 Å². The Balaban J connectivity index is 1.35. The number of H-pyrrole nitrogens is 1. The smallest absolute Gasteiger partial charge is 0.344 e. The van der Waals surface area contributed by atoms with Gasteiger partial charge >= 0.3 is 5.97 Å². The maximum absolute atomic E-state index is 12.6. The third kappa shape index (κ3) is 4.83. The van der Waals surface area contributed by atoms with Crippen molar-refractivity contribution < 1.29 is 19.1 Å². The van der Waals surface area contributed by atoms with Crippen molar-refractivity contribution in [2.24, 2.45) is 0 Å². The van der Waals surface area contributed by atoms with Crippen molar-refractivity contribution in [1.29, 1.82) is 0 Å². The molecule has 1 N–H and O–H groups in total. The van der Waals surface area contributed by atoms with Gasteiger partial charge < -0.3 is 14.5 Å². The topological polar surface area (TPSA) is 68.4 Å². The van der Waals surface area contributed by atoms with Gasteiger partial charge in [-0.2, -0.15) is 0 Å². The van der Waals surface area contributed by atoms with E-state index in [1.165, 1.54) is 0 Å². The first-order valence-electron chi connectivity index (χ1n) is 10.1. The molecule has 0 atom stereocenters. The number of ketones is 1. The molecular formula is C26H23NO4. The van der Waals surface area contributed by atoms with Gasteiger partial charge in [0.15, 0.2) is 13.2 Å². The number of Topliss-reactive ketones (excluding diaryl/α,β-unsaturated/α-hetero) is 1. The highest BCUT2D eigenvalue weighted by molar-refractivity contribution is 6.10. The van der Waals surface area contributed by atoms with Gasteiger partial charge in [0.05, 0.1) is 0 Å². The van der Waals surface area contributed by atoms with Crippen LogP contribution >= 0.6 is 0 Å². The predicted molar refractivity (Wildman–Crippen MR) is 120 cm³/mol. The fraction of sp³-hybridized carbons (Fsp3) is 0.154. The number of benzene rings is 3. The standard InChI is InChI=1S/C26H23NO4/c1-18-26(21-12-6-7-13-22(21)27-18)23(28)16-31-25(29)17-30-24-14-8-5-11-20(24)15-19-9-3-2-4-10-19/h2-14,27H,15-17H2,1H3. The summed E-state index contributed by atoms with van der Waals surface area (Å²) in [5.74, 6) is -0.199. The molecule has 3 aromatic carbocycles. The first-order chi connectivity index (χ1) is 15.1. The Bertz CT molecular complexity index is 1210. The summed E-state index contributed by atoms with van der Waals surface area (Å²) in [7, 11) is 0. The number of rotatable bonds is 8. The maximum atomic E-state index is 12.6. The largest absolute Gasteiger partial charge is 0.482 e. The van der Waals surface area contributed by atoms with Gasteiger partial charge in [0.25, 0.3) is 0 Å². The lowest BCUT2D eigenvalue weighted by molar-refractivity contribution is -0.144. The van der Waals surface area contributed by atoms with Crippen LogP contribution in [0.3, 0.4) is 0 Å². The Morgan fingerprint density at radius 2 is 1.55 bits per heavy atom. The molecule has 0 amide bonds. The average Bonchev–Trinajstić information content (AvgIpc) is 3.13. The first kappa shape index (κ1) is 20.4. The monoisotopic (exact) mass is 413 g/mol. The maximum Gasteiger partial charge on any atom is 0.344 e. The number of ether oxygens (including phenoxy) is 2. The molecule has 0 aliphatic heterocycles. The summed E-state index contributed by atoms with van der Waals surface area (Å²) in [6.07, 6.45) is 0.699. The molecule has 0 unspecified atom stereocenters. The van der Waals surface area contributed by atoms with Gasteiger partial charge in [-0.15, -0.1) is 0 Å². The van der Waals surface area contributed by atoms with Crippen molar-refractivity contribution in [2.45, 2.75) is 13.3 Å². The highest BCUT2D eigenvalue weighted by Gasteiger charge is 2.18. The third-order valence-electron chi connectivity index (χ3n) is 5.09. The lowest BCUT2D eigenvalue weighted by Crippen LogP contribution is -2.20. The number of nitrogens with one attached hydrogen (secondary N) is 1. The molecule has 0 saturated heterocycles. The number of aromatic amines is 1. The number of fused-ring (bicyclic) bond motifs is 1. The van der Waals surface area contributed by atoms with E-state index in [1.54, 1.807) is 0 Å². The fourth-order valence-corrected chi connectivity index (χ4v) is 3.64. The molecule has 4 rings (SSSR count). The van der Waals surface area contributed by atoms with Crippen molar-refractivity contribution in [1.82, 2.24) is 4.98 Å². The molecular weight excluding hydrogens is 390 g/mol. The van der Waals surface area contributed by atoms with E-state index in [4.69, 9.17) is 9.47 Å².